The van der Waals surface area contributed by atoms with Crippen molar-refractivity contribution >= 4 is 11.8 Å². The molecular formula is C29H33NO4. The van der Waals surface area contributed by atoms with Crippen LogP contribution in [0.25, 0.3) is 0 Å². The summed E-state index contributed by atoms with van der Waals surface area (Å²) in [7, 11) is 0. The van der Waals surface area contributed by atoms with Crippen LogP contribution in [0.3, 0.4) is 0 Å². The second kappa shape index (κ2) is 10.7. The van der Waals surface area contributed by atoms with E-state index in [0.29, 0.717) is 43.0 Å². The van der Waals surface area contributed by atoms with Crippen molar-refractivity contribution in [2.45, 2.75) is 58.3 Å². The first-order valence-corrected chi connectivity index (χ1v) is 12.2. The van der Waals surface area contributed by atoms with Crippen LogP contribution in [0.5, 0.6) is 5.75 Å². The Labute approximate surface area is 201 Å². The van der Waals surface area contributed by atoms with Gasteiger partial charge < -0.3 is 14.8 Å². The zero-order chi connectivity index (χ0) is 24.1. The number of rotatable bonds is 8. The molecule has 0 saturated carbocycles. The Bertz CT molecular complexity index is 1120. The molecule has 1 aliphatic heterocycles. The van der Waals surface area contributed by atoms with Gasteiger partial charge in [-0.15, -0.1) is 0 Å². The molecule has 1 aliphatic carbocycles. The smallest absolute Gasteiger partial charge is 0.336 e. The zero-order valence-corrected chi connectivity index (χ0v) is 20.2. The van der Waals surface area contributed by atoms with Crippen LogP contribution in [-0.2, 0) is 14.3 Å². The van der Waals surface area contributed by atoms with Crippen molar-refractivity contribution in [3.63, 3.8) is 0 Å². The number of hydrogen-bond acceptors (Lipinski definition) is 5. The number of ether oxygens (including phenoxy) is 2. The summed E-state index contributed by atoms with van der Waals surface area (Å²) in [4.78, 5) is 26.9. The third kappa shape index (κ3) is 4.79. The highest BCUT2D eigenvalue weighted by atomic mass is 16.5. The van der Waals surface area contributed by atoms with E-state index in [0.717, 1.165) is 35.4 Å². The maximum Gasteiger partial charge on any atom is 0.336 e. The highest BCUT2D eigenvalue weighted by Gasteiger charge is 2.42. The minimum absolute atomic E-state index is 0.0613. The van der Waals surface area contributed by atoms with Crippen LogP contribution in [0.15, 0.2) is 77.1 Å². The maximum absolute atomic E-state index is 13.7. The number of benzene rings is 2. The summed E-state index contributed by atoms with van der Waals surface area (Å²) in [5, 5.41) is 3.42. The van der Waals surface area contributed by atoms with Crippen molar-refractivity contribution in [2.24, 2.45) is 0 Å². The molecule has 2 aliphatic rings. The molecule has 1 heterocycles. The van der Waals surface area contributed by atoms with Gasteiger partial charge in [0.15, 0.2) is 5.78 Å². The van der Waals surface area contributed by atoms with Crippen molar-refractivity contribution in [1.29, 1.82) is 0 Å². The predicted molar refractivity (Wildman–Crippen MR) is 133 cm³/mol. The van der Waals surface area contributed by atoms with Gasteiger partial charge in [0, 0.05) is 29.0 Å². The number of allylic oxidation sites excluding steroid dienone is 3. The van der Waals surface area contributed by atoms with Crippen LogP contribution >= 0.6 is 0 Å². The Hall–Kier alpha value is -3.34. The topological polar surface area (TPSA) is 64.6 Å². The zero-order valence-electron chi connectivity index (χ0n) is 20.2. The third-order valence-electron chi connectivity index (χ3n) is 6.45. The molecule has 0 amide bonds. The van der Waals surface area contributed by atoms with Gasteiger partial charge in [-0.25, -0.2) is 4.79 Å². The van der Waals surface area contributed by atoms with Gasteiger partial charge in [0.2, 0.25) is 0 Å². The molecule has 0 aromatic heterocycles. The van der Waals surface area contributed by atoms with E-state index >= 15 is 0 Å². The molecule has 34 heavy (non-hydrogen) atoms. The number of dihydropyridines is 1. The maximum atomic E-state index is 13.7. The second-order valence-electron chi connectivity index (χ2n) is 8.95. The molecular weight excluding hydrogens is 426 g/mol. The minimum atomic E-state index is -0.516. The van der Waals surface area contributed by atoms with Crippen molar-refractivity contribution in [1.82, 2.24) is 5.32 Å². The number of carbonyl (C=O) groups excluding carboxylic acids is 2. The molecule has 0 radical (unpaired) electrons. The number of para-hydroxylation sites is 1. The summed E-state index contributed by atoms with van der Waals surface area (Å²) in [5.74, 6) is -0.0287. The van der Waals surface area contributed by atoms with E-state index in [-0.39, 0.29) is 17.7 Å². The van der Waals surface area contributed by atoms with Crippen LogP contribution in [0.4, 0.5) is 0 Å². The quantitative estimate of drug-likeness (QED) is 0.506. The number of carbonyl (C=O) groups is 2. The fourth-order valence-electron chi connectivity index (χ4n) is 4.92. The van der Waals surface area contributed by atoms with E-state index in [4.69, 9.17) is 9.47 Å². The van der Waals surface area contributed by atoms with Crippen molar-refractivity contribution in [2.75, 3.05) is 13.2 Å². The number of hydrogen-bond donors (Lipinski definition) is 1. The second-order valence-corrected chi connectivity index (χ2v) is 8.95. The van der Waals surface area contributed by atoms with Gasteiger partial charge in [-0.2, -0.15) is 0 Å². The molecule has 0 spiro atoms. The van der Waals surface area contributed by atoms with Crippen molar-refractivity contribution < 1.29 is 19.1 Å². The summed E-state index contributed by atoms with van der Waals surface area (Å²) in [6.07, 6.45) is 2.73. The molecule has 5 nitrogen and oxygen atoms in total. The Morgan fingerprint density at radius 3 is 2.41 bits per heavy atom. The number of Topliss-reactive ketones (excluding diaryl/α,β-unsaturated/α-hetero) is 1. The van der Waals surface area contributed by atoms with Gasteiger partial charge in [-0.3, -0.25) is 4.79 Å². The van der Waals surface area contributed by atoms with E-state index in [1.54, 1.807) is 0 Å². The largest absolute Gasteiger partial charge is 0.493 e. The van der Waals surface area contributed by atoms with E-state index < -0.39 is 5.92 Å². The third-order valence-corrected chi connectivity index (χ3v) is 6.45. The lowest BCUT2D eigenvalue weighted by Crippen LogP contribution is -2.36. The fraction of sp³-hybridized carbons (Fsp3) is 0.379. The molecule has 2 atom stereocenters. The average molecular weight is 460 g/mol. The van der Waals surface area contributed by atoms with E-state index in [2.05, 4.69) is 24.4 Å². The van der Waals surface area contributed by atoms with E-state index in [1.807, 2.05) is 56.3 Å². The first-order chi connectivity index (χ1) is 16.5. The fourth-order valence-corrected chi connectivity index (χ4v) is 4.92. The Kier molecular flexibility index (Phi) is 7.51. The SMILES string of the molecule is CCCOC(=O)C1=C(C)NC2=C(C(=O)C[C@H](c3ccccc3)C2)[C@H]1c1ccccc1OCCC. The Morgan fingerprint density at radius 1 is 0.971 bits per heavy atom. The normalized spacial score (nSPS) is 20.0. The molecule has 5 heteroatoms. The number of nitrogens with one attached hydrogen (secondary N) is 1. The highest BCUT2D eigenvalue weighted by molar-refractivity contribution is 6.04. The van der Waals surface area contributed by atoms with Crippen molar-refractivity contribution in [3.8, 4) is 5.75 Å². The summed E-state index contributed by atoms with van der Waals surface area (Å²) >= 11 is 0. The lowest BCUT2D eigenvalue weighted by molar-refractivity contribution is -0.139. The first-order valence-electron chi connectivity index (χ1n) is 12.2. The monoisotopic (exact) mass is 459 g/mol. The molecule has 2 aromatic carbocycles. The molecule has 0 unspecified atom stereocenters. The van der Waals surface area contributed by atoms with Gasteiger partial charge in [-0.1, -0.05) is 62.4 Å². The first kappa shape index (κ1) is 23.8. The van der Waals surface area contributed by atoms with Gasteiger partial charge >= 0.3 is 5.97 Å². The van der Waals surface area contributed by atoms with Crippen LogP contribution in [0, 0.1) is 0 Å². The average Bonchev–Trinajstić information content (AvgIpc) is 2.85. The van der Waals surface area contributed by atoms with Crippen molar-refractivity contribution in [3.05, 3.63) is 88.3 Å². The standard InChI is InChI=1S/C29H33NO4/c1-4-15-33-25-14-10-9-13-22(25)27-26(29(32)34-16-5-2)19(3)30-23-17-21(18-24(31)28(23)27)20-11-7-6-8-12-20/h6-14,21,27,30H,4-5,15-18H2,1-3H3/t21-,27+/m1/s1. The molecule has 178 valence electrons. The van der Waals surface area contributed by atoms with Gasteiger partial charge in [0.1, 0.15) is 5.75 Å². The molecule has 4 rings (SSSR count). The van der Waals surface area contributed by atoms with E-state index in [9.17, 15) is 9.59 Å². The van der Waals surface area contributed by atoms with Crippen LogP contribution in [-0.4, -0.2) is 25.0 Å². The van der Waals surface area contributed by atoms with Gasteiger partial charge in [-0.05, 0) is 43.7 Å². The molecule has 0 saturated heterocycles. The minimum Gasteiger partial charge on any atom is -0.493 e. The predicted octanol–water partition coefficient (Wildman–Crippen LogP) is 5.79. The lowest BCUT2D eigenvalue weighted by Gasteiger charge is -2.37. The van der Waals surface area contributed by atoms with Crippen LogP contribution < -0.4 is 10.1 Å². The Morgan fingerprint density at radius 2 is 1.68 bits per heavy atom. The summed E-state index contributed by atoms with van der Waals surface area (Å²) in [6, 6.07) is 17.9. The van der Waals surface area contributed by atoms with Crippen LogP contribution in [0.1, 0.15) is 69.4 Å². The van der Waals surface area contributed by atoms with Gasteiger partial charge in [0.05, 0.1) is 24.7 Å². The highest BCUT2D eigenvalue weighted by Crippen LogP contribution is 2.47. The summed E-state index contributed by atoms with van der Waals surface area (Å²) in [5.41, 5.74) is 4.77. The summed E-state index contributed by atoms with van der Waals surface area (Å²) < 4.78 is 11.6. The lowest BCUT2D eigenvalue weighted by atomic mass is 9.71. The van der Waals surface area contributed by atoms with Crippen LogP contribution in [0.2, 0.25) is 0 Å². The molecule has 0 bridgehead atoms. The molecule has 0 fully saturated rings. The van der Waals surface area contributed by atoms with Gasteiger partial charge in [0.25, 0.3) is 0 Å². The molecule has 1 N–H and O–H groups in total. The van der Waals surface area contributed by atoms with E-state index in [1.165, 1.54) is 0 Å². The molecule has 2 aromatic rings. The number of ketones is 1. The number of esters is 1. The Balaban J connectivity index is 1.81. The summed E-state index contributed by atoms with van der Waals surface area (Å²) in [6.45, 7) is 6.82.